The molecule has 0 atom stereocenters. The van der Waals surface area contributed by atoms with E-state index in [1.807, 2.05) is 6.92 Å². The van der Waals surface area contributed by atoms with Crippen LogP contribution in [0.25, 0.3) is 0 Å². The second-order valence-corrected chi connectivity index (χ2v) is 3.81. The van der Waals surface area contributed by atoms with Gasteiger partial charge in [-0.05, 0) is 19.8 Å². The molecule has 0 aliphatic carbocycles. The second-order valence-electron chi connectivity index (χ2n) is 3.81. The van der Waals surface area contributed by atoms with E-state index in [0.717, 1.165) is 25.3 Å². The van der Waals surface area contributed by atoms with Crippen molar-refractivity contribution in [3.8, 4) is 17.6 Å². The first kappa shape index (κ1) is 14.0. The lowest BCUT2D eigenvalue weighted by Crippen LogP contribution is -2.06. The van der Waals surface area contributed by atoms with Gasteiger partial charge in [0.2, 0.25) is 0 Å². The van der Waals surface area contributed by atoms with Gasteiger partial charge in [0.15, 0.2) is 0 Å². The number of carbonyl (C=O) groups is 1. The standard InChI is InChI=1S/C14H16O4/c1-3-4-5-6-7-8-12-9-13(17-11(2)15)10-14(16)18-12/h9-10H,5-8H2,1-2H3. The number of esters is 1. The lowest BCUT2D eigenvalue weighted by Gasteiger charge is -2.03. The number of unbranched alkanes of at least 4 members (excludes halogenated alkanes) is 2. The topological polar surface area (TPSA) is 56.5 Å². The van der Waals surface area contributed by atoms with Crippen LogP contribution in [-0.2, 0) is 11.2 Å². The van der Waals surface area contributed by atoms with Crippen molar-refractivity contribution in [1.29, 1.82) is 0 Å². The Morgan fingerprint density at radius 2 is 2.17 bits per heavy atom. The van der Waals surface area contributed by atoms with E-state index in [4.69, 9.17) is 9.15 Å². The van der Waals surface area contributed by atoms with Crippen LogP contribution in [0.5, 0.6) is 5.75 Å². The van der Waals surface area contributed by atoms with Crippen LogP contribution < -0.4 is 10.4 Å². The number of ether oxygens (including phenoxy) is 1. The summed E-state index contributed by atoms with van der Waals surface area (Å²) in [5, 5.41) is 0. The van der Waals surface area contributed by atoms with E-state index in [9.17, 15) is 9.59 Å². The molecule has 0 N–H and O–H groups in total. The smallest absolute Gasteiger partial charge is 0.339 e. The molecular weight excluding hydrogens is 232 g/mol. The zero-order chi connectivity index (χ0) is 13.4. The van der Waals surface area contributed by atoms with E-state index in [1.54, 1.807) is 6.07 Å². The second kappa shape index (κ2) is 7.33. The van der Waals surface area contributed by atoms with Gasteiger partial charge in [-0.15, -0.1) is 11.8 Å². The molecule has 18 heavy (non-hydrogen) atoms. The predicted molar refractivity (Wildman–Crippen MR) is 67.3 cm³/mol. The molecule has 1 heterocycles. The van der Waals surface area contributed by atoms with Gasteiger partial charge in [0, 0.05) is 25.8 Å². The summed E-state index contributed by atoms with van der Waals surface area (Å²) in [5.41, 5.74) is -0.503. The van der Waals surface area contributed by atoms with Crippen LogP contribution >= 0.6 is 0 Å². The Hall–Kier alpha value is -2.02. The Balaban J connectivity index is 2.59. The van der Waals surface area contributed by atoms with Gasteiger partial charge < -0.3 is 9.15 Å². The summed E-state index contributed by atoms with van der Waals surface area (Å²) < 4.78 is 9.88. The van der Waals surface area contributed by atoms with Crippen LogP contribution in [-0.4, -0.2) is 5.97 Å². The Labute approximate surface area is 106 Å². The number of hydrogen-bond donors (Lipinski definition) is 0. The highest BCUT2D eigenvalue weighted by Crippen LogP contribution is 2.13. The van der Waals surface area contributed by atoms with Crippen molar-refractivity contribution in [3.05, 3.63) is 28.3 Å². The van der Waals surface area contributed by atoms with Crippen molar-refractivity contribution in [2.45, 2.75) is 39.5 Å². The summed E-state index contributed by atoms with van der Waals surface area (Å²) in [5.74, 6) is 6.11. The first-order valence-electron chi connectivity index (χ1n) is 5.84. The summed E-state index contributed by atoms with van der Waals surface area (Å²) in [6.07, 6.45) is 3.30. The molecule has 0 radical (unpaired) electrons. The van der Waals surface area contributed by atoms with Crippen LogP contribution in [0.15, 0.2) is 21.3 Å². The number of carbonyl (C=O) groups excluding carboxylic acids is 1. The van der Waals surface area contributed by atoms with E-state index in [0.29, 0.717) is 12.2 Å². The van der Waals surface area contributed by atoms with Crippen LogP contribution in [0.1, 0.15) is 38.9 Å². The number of hydrogen-bond acceptors (Lipinski definition) is 4. The first-order chi connectivity index (χ1) is 8.61. The van der Waals surface area contributed by atoms with Crippen molar-refractivity contribution >= 4 is 5.97 Å². The van der Waals surface area contributed by atoms with Crippen molar-refractivity contribution in [1.82, 2.24) is 0 Å². The van der Waals surface area contributed by atoms with Gasteiger partial charge in [0.05, 0.1) is 6.07 Å². The molecule has 1 aromatic heterocycles. The third-order valence-electron chi connectivity index (χ3n) is 2.21. The molecule has 0 spiro atoms. The van der Waals surface area contributed by atoms with Gasteiger partial charge in [-0.1, -0.05) is 0 Å². The van der Waals surface area contributed by atoms with Gasteiger partial charge in [0.1, 0.15) is 11.5 Å². The summed E-state index contributed by atoms with van der Waals surface area (Å²) in [7, 11) is 0. The highest BCUT2D eigenvalue weighted by molar-refractivity contribution is 5.69. The lowest BCUT2D eigenvalue weighted by molar-refractivity contribution is -0.131. The lowest BCUT2D eigenvalue weighted by atomic mass is 10.1. The maximum atomic E-state index is 11.2. The summed E-state index contributed by atoms with van der Waals surface area (Å²) in [6, 6.07) is 2.74. The highest BCUT2D eigenvalue weighted by Gasteiger charge is 2.04. The van der Waals surface area contributed by atoms with Gasteiger partial charge >= 0.3 is 11.6 Å². The van der Waals surface area contributed by atoms with E-state index in [1.165, 1.54) is 6.92 Å². The molecule has 0 saturated heterocycles. The minimum absolute atomic E-state index is 0.238. The molecule has 4 heteroatoms. The molecule has 4 nitrogen and oxygen atoms in total. The predicted octanol–water partition coefficient (Wildman–Crippen LogP) is 2.30. The van der Waals surface area contributed by atoms with Crippen molar-refractivity contribution < 1.29 is 13.9 Å². The van der Waals surface area contributed by atoms with Gasteiger partial charge in [-0.25, -0.2) is 4.79 Å². The fourth-order valence-corrected chi connectivity index (χ4v) is 1.49. The van der Waals surface area contributed by atoms with E-state index in [-0.39, 0.29) is 5.75 Å². The van der Waals surface area contributed by atoms with Crippen LogP contribution in [0.4, 0.5) is 0 Å². The van der Waals surface area contributed by atoms with Crippen molar-refractivity contribution in [3.63, 3.8) is 0 Å². The molecule has 0 unspecified atom stereocenters. The maximum Gasteiger partial charge on any atom is 0.339 e. The van der Waals surface area contributed by atoms with Crippen molar-refractivity contribution in [2.75, 3.05) is 0 Å². The van der Waals surface area contributed by atoms with Crippen molar-refractivity contribution in [2.24, 2.45) is 0 Å². The molecule has 0 saturated carbocycles. The molecule has 0 aromatic carbocycles. The van der Waals surface area contributed by atoms with E-state index in [2.05, 4.69) is 11.8 Å². The molecule has 0 aliphatic heterocycles. The fourth-order valence-electron chi connectivity index (χ4n) is 1.49. The number of aryl methyl sites for hydroxylation is 1. The third kappa shape index (κ3) is 5.35. The average Bonchev–Trinajstić information content (AvgIpc) is 2.27. The van der Waals surface area contributed by atoms with E-state index >= 15 is 0 Å². The molecular formula is C14H16O4. The van der Waals surface area contributed by atoms with Gasteiger partial charge in [-0.3, -0.25) is 4.79 Å². The van der Waals surface area contributed by atoms with Gasteiger partial charge in [0.25, 0.3) is 0 Å². The van der Waals surface area contributed by atoms with Crippen LogP contribution in [0.3, 0.4) is 0 Å². The molecule has 0 amide bonds. The summed E-state index contributed by atoms with van der Waals surface area (Å²) in [6.45, 7) is 3.10. The molecule has 0 bridgehead atoms. The minimum Gasteiger partial charge on any atom is -0.428 e. The molecule has 96 valence electrons. The zero-order valence-corrected chi connectivity index (χ0v) is 10.6. The maximum absolute atomic E-state index is 11.2. The Morgan fingerprint density at radius 3 is 2.83 bits per heavy atom. The number of rotatable bonds is 5. The SMILES string of the molecule is CC#CCCCCc1cc(OC(C)=O)cc(=O)o1. The average molecular weight is 248 g/mol. The third-order valence-corrected chi connectivity index (χ3v) is 2.21. The Kier molecular flexibility index (Phi) is 5.72. The largest absolute Gasteiger partial charge is 0.428 e. The molecule has 1 rings (SSSR count). The summed E-state index contributed by atoms with van der Waals surface area (Å²) >= 11 is 0. The summed E-state index contributed by atoms with van der Waals surface area (Å²) in [4.78, 5) is 22.0. The fraction of sp³-hybridized carbons (Fsp3) is 0.429. The van der Waals surface area contributed by atoms with Crippen LogP contribution in [0.2, 0.25) is 0 Å². The van der Waals surface area contributed by atoms with Crippen LogP contribution in [0, 0.1) is 11.8 Å². The molecule has 1 aromatic rings. The highest BCUT2D eigenvalue weighted by atomic mass is 16.5. The molecule has 0 fully saturated rings. The monoisotopic (exact) mass is 248 g/mol. The van der Waals surface area contributed by atoms with E-state index < -0.39 is 11.6 Å². The zero-order valence-electron chi connectivity index (χ0n) is 10.6. The quantitative estimate of drug-likeness (QED) is 0.456. The first-order valence-corrected chi connectivity index (χ1v) is 5.84. The molecule has 0 aliphatic rings. The minimum atomic E-state index is -0.503. The Bertz CT molecular complexity index is 517. The normalized spacial score (nSPS) is 9.44. The van der Waals surface area contributed by atoms with Gasteiger partial charge in [-0.2, -0.15) is 0 Å². The Morgan fingerprint density at radius 1 is 1.39 bits per heavy atom.